The average Bonchev–Trinajstić information content (AvgIpc) is 3.05. The maximum Gasteiger partial charge on any atom is 0.0432 e. The Morgan fingerprint density at radius 3 is 1.23 bits per heavy atom. The summed E-state index contributed by atoms with van der Waals surface area (Å²) in [6, 6.07) is 21.2. The lowest BCUT2D eigenvalue weighted by molar-refractivity contribution is 0.678. The maximum absolute atomic E-state index is 3.39. The van der Waals surface area contributed by atoms with E-state index < -0.39 is 0 Å². The quantitative estimate of drug-likeness (QED) is 0.176. The number of rotatable bonds is 14. The molecule has 0 aliphatic heterocycles. The summed E-state index contributed by atoms with van der Waals surface area (Å²) < 4.78 is 0. The van der Waals surface area contributed by atoms with E-state index in [0.29, 0.717) is 0 Å². The van der Waals surface area contributed by atoms with Crippen LogP contribution in [0.15, 0.2) is 60.7 Å². The number of hydrogen-bond acceptors (Lipinski definition) is 2. The molecule has 2 heteroatoms. The summed E-state index contributed by atoms with van der Waals surface area (Å²) >= 11 is 0. The first kappa shape index (κ1) is 32.4. The highest BCUT2D eigenvalue weighted by Gasteiger charge is 2.10. The largest absolute Gasteiger partial charge is 0.372 e. The van der Waals surface area contributed by atoms with Gasteiger partial charge in [0.1, 0.15) is 0 Å². The summed E-state index contributed by atoms with van der Waals surface area (Å²) in [6.45, 7) is 13.2. The highest BCUT2D eigenvalue weighted by molar-refractivity contribution is 5.64. The van der Waals surface area contributed by atoms with Gasteiger partial charge in [0.15, 0.2) is 0 Å². The van der Waals surface area contributed by atoms with Gasteiger partial charge in [-0.25, -0.2) is 0 Å². The van der Waals surface area contributed by atoms with E-state index >= 15 is 0 Å². The number of hydrogen-bond donors (Lipinski definition) is 0. The Labute approximate surface area is 267 Å². The van der Waals surface area contributed by atoms with E-state index in [0.717, 1.165) is 59.6 Å². The molecule has 0 unspecified atom stereocenters. The van der Waals surface area contributed by atoms with Gasteiger partial charge in [0.2, 0.25) is 0 Å². The molecule has 0 amide bonds. The highest BCUT2D eigenvalue weighted by Crippen LogP contribution is 2.22. The molecule has 1 aliphatic carbocycles. The van der Waals surface area contributed by atoms with Crippen LogP contribution >= 0.6 is 0 Å². The molecule has 0 spiro atoms. The van der Waals surface area contributed by atoms with Gasteiger partial charge in [0.05, 0.1) is 0 Å². The molecule has 0 heterocycles. The Balaban J connectivity index is 1.81. The molecule has 0 N–H and O–H groups in total. The van der Waals surface area contributed by atoms with Crippen molar-refractivity contribution in [2.45, 2.75) is 79.1 Å². The molecule has 0 fully saturated rings. The Kier molecular flexibility index (Phi) is 12.9. The van der Waals surface area contributed by atoms with Gasteiger partial charge in [-0.15, -0.1) is 0 Å². The van der Waals surface area contributed by atoms with Crippen molar-refractivity contribution < 1.29 is 0 Å². The fraction of sp³-hybridized carbons (Fsp3) is 0.381. The molecule has 1 aliphatic rings. The molecule has 3 aromatic carbocycles. The lowest BCUT2D eigenvalue weighted by Gasteiger charge is -2.25. The second-order valence-corrected chi connectivity index (χ2v) is 11.4. The topological polar surface area (TPSA) is 6.48 Å². The number of anilines is 2. The fourth-order valence-corrected chi connectivity index (χ4v) is 5.17. The zero-order valence-electron chi connectivity index (χ0n) is 27.2. The molecule has 0 saturated heterocycles. The standard InChI is InChI=1S/C42H46N2/c1-5-9-28-43(29-10-6-2)41-26-24-37-22-20-35-16-15-17-36(32-35)21-23-38-25-27-42(44(30-11-7-3)31-12-8-4)34-40(38)19-14-13-18-39(37)33-41/h15-17,24-27,32-34H,5-12,28-31H2,1-4H3. The molecule has 0 radical (unpaired) electrons. The SMILES string of the molecule is CCCCN(CCCC)c1ccc2c(c1)C#CC#Cc1cc(N(CCCC)CCCC)ccc1C#Cc1cccc(c1)C#C2. The van der Waals surface area contributed by atoms with Crippen LogP contribution in [-0.2, 0) is 0 Å². The first-order valence-corrected chi connectivity index (χ1v) is 16.6. The monoisotopic (exact) mass is 578 g/mol. The van der Waals surface area contributed by atoms with Crippen molar-refractivity contribution in [1.29, 1.82) is 0 Å². The zero-order valence-corrected chi connectivity index (χ0v) is 27.2. The van der Waals surface area contributed by atoms with Crippen molar-refractivity contribution in [2.75, 3.05) is 36.0 Å². The van der Waals surface area contributed by atoms with E-state index in [9.17, 15) is 0 Å². The van der Waals surface area contributed by atoms with Gasteiger partial charge in [0.25, 0.3) is 0 Å². The molecule has 0 aromatic heterocycles. The zero-order chi connectivity index (χ0) is 31.0. The minimum absolute atomic E-state index is 0.920. The van der Waals surface area contributed by atoms with E-state index in [1.54, 1.807) is 0 Å². The number of benzene rings is 3. The average molecular weight is 579 g/mol. The van der Waals surface area contributed by atoms with Crippen LogP contribution < -0.4 is 9.80 Å². The number of nitrogens with zero attached hydrogens (tertiary/aromatic N) is 2. The van der Waals surface area contributed by atoms with Crippen LogP contribution in [0.1, 0.15) is 112 Å². The molecule has 2 nitrogen and oxygen atoms in total. The van der Waals surface area contributed by atoms with Gasteiger partial charge >= 0.3 is 0 Å². The summed E-state index contributed by atoms with van der Waals surface area (Å²) in [5.74, 6) is 26.6. The van der Waals surface area contributed by atoms with Crippen LogP contribution in [0.2, 0.25) is 0 Å². The van der Waals surface area contributed by atoms with E-state index in [-0.39, 0.29) is 0 Å². The van der Waals surface area contributed by atoms with Crippen molar-refractivity contribution in [2.24, 2.45) is 0 Å². The van der Waals surface area contributed by atoms with Gasteiger partial charge < -0.3 is 9.80 Å². The van der Waals surface area contributed by atoms with E-state index in [2.05, 4.69) is 127 Å². The molecule has 224 valence electrons. The molecule has 0 saturated carbocycles. The first-order chi connectivity index (χ1) is 21.6. The van der Waals surface area contributed by atoms with Gasteiger partial charge in [0, 0.05) is 70.9 Å². The second kappa shape index (κ2) is 17.6. The number of fused-ring (bicyclic) bond motifs is 4. The Hall–Kier alpha value is -4.50. The summed E-state index contributed by atoms with van der Waals surface area (Å²) in [5.41, 5.74) is 7.98. The lowest BCUT2D eigenvalue weighted by atomic mass is 10.0. The van der Waals surface area contributed by atoms with Crippen LogP contribution in [0.5, 0.6) is 0 Å². The predicted molar refractivity (Wildman–Crippen MR) is 189 cm³/mol. The summed E-state index contributed by atoms with van der Waals surface area (Å²) in [4.78, 5) is 4.98. The van der Waals surface area contributed by atoms with E-state index in [1.807, 2.05) is 18.2 Å². The van der Waals surface area contributed by atoms with Crippen LogP contribution in [-0.4, -0.2) is 26.2 Å². The van der Waals surface area contributed by atoms with E-state index in [4.69, 9.17) is 0 Å². The van der Waals surface area contributed by atoms with Gasteiger partial charge in [-0.1, -0.05) is 95.0 Å². The highest BCUT2D eigenvalue weighted by atomic mass is 15.1. The van der Waals surface area contributed by atoms with Crippen molar-refractivity contribution >= 4 is 11.4 Å². The normalized spacial score (nSPS) is 10.9. The second-order valence-electron chi connectivity index (χ2n) is 11.4. The first-order valence-electron chi connectivity index (χ1n) is 16.6. The molecule has 3 aromatic rings. The Morgan fingerprint density at radius 1 is 0.432 bits per heavy atom. The minimum atomic E-state index is 0.920. The molecule has 2 bridgehead atoms. The summed E-state index contributed by atoms with van der Waals surface area (Å²) in [7, 11) is 0. The van der Waals surface area contributed by atoms with Crippen LogP contribution in [0.4, 0.5) is 11.4 Å². The Bertz CT molecular complexity index is 1510. The van der Waals surface area contributed by atoms with Crippen molar-refractivity contribution in [3.8, 4) is 47.4 Å². The molecular formula is C42H46N2. The van der Waals surface area contributed by atoms with Crippen LogP contribution in [0.3, 0.4) is 0 Å². The van der Waals surface area contributed by atoms with Gasteiger partial charge in [-0.3, -0.25) is 0 Å². The fourth-order valence-electron chi connectivity index (χ4n) is 5.17. The molecular weight excluding hydrogens is 532 g/mol. The minimum Gasteiger partial charge on any atom is -0.372 e. The third kappa shape index (κ3) is 9.50. The smallest absolute Gasteiger partial charge is 0.0432 e. The summed E-state index contributed by atoms with van der Waals surface area (Å²) in [6.07, 6.45) is 9.39. The molecule has 0 atom stereocenters. The lowest BCUT2D eigenvalue weighted by Crippen LogP contribution is -2.25. The van der Waals surface area contributed by atoms with Crippen LogP contribution in [0.25, 0.3) is 0 Å². The van der Waals surface area contributed by atoms with Crippen molar-refractivity contribution in [3.05, 3.63) is 94.0 Å². The van der Waals surface area contributed by atoms with Gasteiger partial charge in [-0.05, 0) is 92.1 Å². The third-order valence-electron chi connectivity index (χ3n) is 7.87. The molecule has 44 heavy (non-hydrogen) atoms. The maximum atomic E-state index is 3.39. The van der Waals surface area contributed by atoms with Gasteiger partial charge in [-0.2, -0.15) is 0 Å². The van der Waals surface area contributed by atoms with E-state index in [1.165, 1.54) is 62.7 Å². The number of unbranched alkanes of at least 4 members (excludes halogenated alkanes) is 4. The Morgan fingerprint density at radius 2 is 0.841 bits per heavy atom. The van der Waals surface area contributed by atoms with Crippen molar-refractivity contribution in [3.63, 3.8) is 0 Å². The van der Waals surface area contributed by atoms with Crippen LogP contribution in [0, 0.1) is 47.4 Å². The third-order valence-corrected chi connectivity index (χ3v) is 7.87. The van der Waals surface area contributed by atoms with Crippen molar-refractivity contribution in [1.82, 2.24) is 0 Å². The molecule has 4 rings (SSSR count). The summed E-state index contributed by atoms with van der Waals surface area (Å²) in [5, 5.41) is 0. The predicted octanol–water partition coefficient (Wildman–Crippen LogP) is 9.02.